The van der Waals surface area contributed by atoms with Crippen LogP contribution in [0.2, 0.25) is 0 Å². The molecule has 0 amide bonds. The van der Waals surface area contributed by atoms with E-state index in [9.17, 15) is 0 Å². The van der Waals surface area contributed by atoms with E-state index in [1.54, 1.807) is 0 Å². The van der Waals surface area contributed by atoms with Gasteiger partial charge in [-0.3, -0.25) is 0 Å². The zero-order valence-electron chi connectivity index (χ0n) is 8.60. The van der Waals surface area contributed by atoms with Gasteiger partial charge in [-0.1, -0.05) is 0 Å². The van der Waals surface area contributed by atoms with E-state index in [0.717, 1.165) is 0 Å². The fourth-order valence-electron chi connectivity index (χ4n) is 0. The topological polar surface area (TPSA) is 40.5 Å². The fraction of sp³-hybridized carbons (Fsp3) is 0.600. The van der Waals surface area contributed by atoms with Crippen LogP contribution in [0.25, 0.3) is 0 Å². The van der Waals surface area contributed by atoms with Crippen LogP contribution in [0, 0.1) is 24.7 Å². The molecular formula is C10H14O2Zn. The average Bonchev–Trinajstić information content (AvgIpc) is 1.86. The Labute approximate surface area is 93.5 Å². The molecule has 0 rings (SSSR count). The van der Waals surface area contributed by atoms with Gasteiger partial charge in [0.1, 0.15) is 0 Å². The molecule has 0 fully saturated rings. The van der Waals surface area contributed by atoms with Crippen molar-refractivity contribution in [3.05, 3.63) is 12.8 Å². The van der Waals surface area contributed by atoms with Gasteiger partial charge >= 0.3 is 19.5 Å². The molecule has 0 spiro atoms. The SMILES string of the molecule is [C-]#CC(C)(C)O.[C-]#CC(C)(C)O.[Zn+2]. The van der Waals surface area contributed by atoms with E-state index in [4.69, 9.17) is 23.1 Å². The van der Waals surface area contributed by atoms with Crippen molar-refractivity contribution in [1.82, 2.24) is 0 Å². The Kier molecular flexibility index (Phi) is 10.1. The number of aliphatic hydroxyl groups is 2. The van der Waals surface area contributed by atoms with Crippen LogP contribution < -0.4 is 0 Å². The molecule has 0 aromatic rings. The van der Waals surface area contributed by atoms with E-state index in [-0.39, 0.29) is 19.5 Å². The summed E-state index contributed by atoms with van der Waals surface area (Å²) in [7, 11) is 0. The number of rotatable bonds is 0. The van der Waals surface area contributed by atoms with Crippen LogP contribution in [-0.4, -0.2) is 21.4 Å². The molecule has 0 aromatic heterocycles. The molecule has 0 aliphatic rings. The van der Waals surface area contributed by atoms with Crippen molar-refractivity contribution < 1.29 is 29.7 Å². The van der Waals surface area contributed by atoms with Crippen LogP contribution in [0.1, 0.15) is 27.7 Å². The summed E-state index contributed by atoms with van der Waals surface area (Å²) < 4.78 is 0. The Morgan fingerprint density at radius 1 is 0.846 bits per heavy atom. The molecule has 0 atom stereocenters. The maximum absolute atomic E-state index is 8.53. The van der Waals surface area contributed by atoms with Crippen molar-refractivity contribution in [3.8, 4) is 11.8 Å². The summed E-state index contributed by atoms with van der Waals surface area (Å²) in [5.41, 5.74) is -2.08. The van der Waals surface area contributed by atoms with Crippen LogP contribution in [0.4, 0.5) is 0 Å². The maximum Gasteiger partial charge on any atom is 2.00 e. The quantitative estimate of drug-likeness (QED) is 0.366. The second kappa shape index (κ2) is 7.10. The molecule has 2 nitrogen and oxygen atoms in total. The first-order valence-corrected chi connectivity index (χ1v) is 3.45. The Morgan fingerprint density at radius 3 is 0.923 bits per heavy atom. The summed E-state index contributed by atoms with van der Waals surface area (Å²) in [4.78, 5) is 0. The van der Waals surface area contributed by atoms with Crippen LogP contribution >= 0.6 is 0 Å². The molecule has 0 aliphatic carbocycles. The minimum atomic E-state index is -1.04. The van der Waals surface area contributed by atoms with Crippen molar-refractivity contribution >= 4 is 0 Å². The van der Waals surface area contributed by atoms with Gasteiger partial charge in [0.15, 0.2) is 0 Å². The second-order valence-electron chi connectivity index (χ2n) is 3.37. The van der Waals surface area contributed by atoms with Gasteiger partial charge in [0, 0.05) is 0 Å². The zero-order chi connectivity index (χ0) is 10.4. The average molecular weight is 232 g/mol. The molecule has 0 radical (unpaired) electrons. The maximum atomic E-state index is 8.53. The van der Waals surface area contributed by atoms with Crippen LogP contribution in [0.5, 0.6) is 0 Å². The molecule has 0 saturated carbocycles. The molecule has 0 bridgehead atoms. The Bertz CT molecular complexity index is 171. The predicted molar refractivity (Wildman–Crippen MR) is 46.9 cm³/mol. The molecule has 0 aliphatic heterocycles. The predicted octanol–water partition coefficient (Wildman–Crippen LogP) is 0.692. The van der Waals surface area contributed by atoms with Crippen LogP contribution in [-0.2, 0) is 19.5 Å². The van der Waals surface area contributed by atoms with Gasteiger partial charge in [-0.05, 0) is 27.7 Å². The van der Waals surface area contributed by atoms with Gasteiger partial charge < -0.3 is 34.9 Å². The molecule has 3 heteroatoms. The Morgan fingerprint density at radius 2 is 0.923 bits per heavy atom. The standard InChI is InChI=1S/2C5H7O.Zn/c2*1-4-5(2,3)6;/h2*6H,2-3H3;/q2*-1;+2. The third-order valence-electron chi connectivity index (χ3n) is 0.612. The summed E-state index contributed by atoms with van der Waals surface area (Å²) in [5, 5.41) is 17.1. The molecule has 0 saturated heterocycles. The minimum absolute atomic E-state index is 0. The molecule has 2 N–H and O–H groups in total. The Hall–Kier alpha value is -0.337. The van der Waals surface area contributed by atoms with E-state index in [1.807, 2.05) is 11.8 Å². The Balaban J connectivity index is -0.000000143. The summed E-state index contributed by atoms with van der Waals surface area (Å²) in [6, 6.07) is 0. The summed E-state index contributed by atoms with van der Waals surface area (Å²) in [5.74, 6) is 3.82. The largest absolute Gasteiger partial charge is 2.00 e. The monoisotopic (exact) mass is 230 g/mol. The van der Waals surface area contributed by atoms with Gasteiger partial charge in [0.2, 0.25) is 0 Å². The molecule has 0 unspecified atom stereocenters. The molecule has 13 heavy (non-hydrogen) atoms. The molecular weight excluding hydrogens is 217 g/mol. The first-order chi connectivity index (χ1) is 5.12. The van der Waals surface area contributed by atoms with E-state index in [2.05, 4.69) is 0 Å². The molecule has 0 aromatic carbocycles. The van der Waals surface area contributed by atoms with Gasteiger partial charge in [0.05, 0.1) is 11.2 Å². The van der Waals surface area contributed by atoms with Crippen molar-refractivity contribution in [3.63, 3.8) is 0 Å². The van der Waals surface area contributed by atoms with E-state index in [0.29, 0.717) is 0 Å². The van der Waals surface area contributed by atoms with Gasteiger partial charge in [-0.2, -0.15) is 0 Å². The van der Waals surface area contributed by atoms with E-state index < -0.39 is 11.2 Å². The van der Waals surface area contributed by atoms with Crippen molar-refractivity contribution in [1.29, 1.82) is 0 Å². The van der Waals surface area contributed by atoms with Gasteiger partial charge in [0.25, 0.3) is 0 Å². The van der Waals surface area contributed by atoms with E-state index in [1.165, 1.54) is 27.7 Å². The number of hydrogen-bond donors (Lipinski definition) is 2. The minimum Gasteiger partial charge on any atom is -0.691 e. The molecule has 68 valence electrons. The van der Waals surface area contributed by atoms with Crippen molar-refractivity contribution in [2.75, 3.05) is 0 Å². The second-order valence-corrected chi connectivity index (χ2v) is 3.37. The summed E-state index contributed by atoms with van der Waals surface area (Å²) >= 11 is 0. The van der Waals surface area contributed by atoms with Crippen LogP contribution in [0.15, 0.2) is 0 Å². The van der Waals surface area contributed by atoms with Gasteiger partial charge in [-0.25, -0.2) is 0 Å². The van der Waals surface area contributed by atoms with Gasteiger partial charge in [-0.15, -0.1) is 0 Å². The normalized spacial score (nSPS) is 9.54. The smallest absolute Gasteiger partial charge is 0.691 e. The third-order valence-corrected chi connectivity index (χ3v) is 0.612. The van der Waals surface area contributed by atoms with Crippen molar-refractivity contribution in [2.45, 2.75) is 38.9 Å². The summed E-state index contributed by atoms with van der Waals surface area (Å²) in [6.45, 7) is 6.00. The number of hydrogen-bond acceptors (Lipinski definition) is 2. The fourth-order valence-corrected chi connectivity index (χ4v) is 0. The van der Waals surface area contributed by atoms with Crippen LogP contribution in [0.3, 0.4) is 0 Å². The third kappa shape index (κ3) is 34.0. The first-order valence-electron chi connectivity index (χ1n) is 3.45. The van der Waals surface area contributed by atoms with E-state index >= 15 is 0 Å². The molecule has 0 heterocycles. The van der Waals surface area contributed by atoms with Crippen molar-refractivity contribution in [2.24, 2.45) is 0 Å². The summed E-state index contributed by atoms with van der Waals surface area (Å²) in [6.07, 6.45) is 12.7. The first kappa shape index (κ1) is 18.4. The zero-order valence-corrected chi connectivity index (χ0v) is 11.6.